The largest absolute Gasteiger partial charge is 0.439 e. The standard InChI is InChI=1S/C29H26N8O/c1-16-13-24(30)32-15-22(16)20-14-21(23-11-12-37(3)36-23)28-27(29(31)35-34-28)26(20)18-7-9-19(10-8-18)38-25-6-4-5-17(2)33-25/h4-15H,1-3H3,(H2,30,32)(H3,31,34,35). The molecule has 0 aliphatic heterocycles. The number of nitrogens with zero attached hydrogens (tertiary/aromatic N) is 5. The number of nitrogen functional groups attached to an aromatic ring is 2. The molecule has 0 bridgehead atoms. The van der Waals surface area contributed by atoms with Crippen LogP contribution in [0.15, 0.2) is 73.1 Å². The summed E-state index contributed by atoms with van der Waals surface area (Å²) >= 11 is 0. The van der Waals surface area contributed by atoms with Crippen LogP contribution < -0.4 is 16.2 Å². The van der Waals surface area contributed by atoms with Crippen LogP contribution in [0.2, 0.25) is 0 Å². The fourth-order valence-corrected chi connectivity index (χ4v) is 4.75. The van der Waals surface area contributed by atoms with Crippen molar-refractivity contribution in [3.05, 3.63) is 84.3 Å². The lowest BCUT2D eigenvalue weighted by Crippen LogP contribution is -1.97. The first kappa shape index (κ1) is 23.2. The van der Waals surface area contributed by atoms with Crippen LogP contribution in [0.1, 0.15) is 11.3 Å². The number of anilines is 2. The van der Waals surface area contributed by atoms with E-state index in [9.17, 15) is 0 Å². The molecule has 0 aliphatic rings. The highest BCUT2D eigenvalue weighted by Gasteiger charge is 2.22. The summed E-state index contributed by atoms with van der Waals surface area (Å²) in [5.74, 6) is 2.09. The minimum Gasteiger partial charge on any atom is -0.439 e. The summed E-state index contributed by atoms with van der Waals surface area (Å²) in [7, 11) is 1.89. The maximum absolute atomic E-state index is 6.49. The molecule has 5 N–H and O–H groups in total. The highest BCUT2D eigenvalue weighted by atomic mass is 16.5. The molecule has 0 radical (unpaired) electrons. The molecule has 0 spiro atoms. The summed E-state index contributed by atoms with van der Waals surface area (Å²) in [6, 6.07) is 19.5. The molecule has 0 saturated carbocycles. The van der Waals surface area contributed by atoms with E-state index >= 15 is 0 Å². The van der Waals surface area contributed by atoms with Gasteiger partial charge in [0, 0.05) is 47.9 Å². The Bertz CT molecular complexity index is 1800. The van der Waals surface area contributed by atoms with E-state index in [-0.39, 0.29) is 0 Å². The fourth-order valence-electron chi connectivity index (χ4n) is 4.75. The summed E-state index contributed by atoms with van der Waals surface area (Å²) in [4.78, 5) is 8.82. The number of aromatic nitrogens is 6. The number of benzene rings is 2. The SMILES string of the molecule is Cc1cccc(Oc2ccc(-c3c(-c4cnc(N)cc4C)cc(-c4ccn(C)n4)c4[nH]nc(N)c34)cc2)n1. The lowest BCUT2D eigenvalue weighted by Gasteiger charge is -2.17. The van der Waals surface area contributed by atoms with E-state index in [4.69, 9.17) is 16.2 Å². The van der Waals surface area contributed by atoms with Crippen LogP contribution in [0, 0.1) is 13.8 Å². The van der Waals surface area contributed by atoms with Gasteiger partial charge in [0.15, 0.2) is 5.82 Å². The Labute approximate surface area is 219 Å². The maximum Gasteiger partial charge on any atom is 0.219 e. The Morgan fingerprint density at radius 1 is 0.921 bits per heavy atom. The smallest absolute Gasteiger partial charge is 0.219 e. The molecule has 0 saturated heterocycles. The van der Waals surface area contributed by atoms with Crippen LogP contribution in [0.3, 0.4) is 0 Å². The quantitative estimate of drug-likeness (QED) is 0.277. The third kappa shape index (κ3) is 4.09. The lowest BCUT2D eigenvalue weighted by molar-refractivity contribution is 0.462. The van der Waals surface area contributed by atoms with Crippen molar-refractivity contribution in [2.75, 3.05) is 11.5 Å². The first-order chi connectivity index (χ1) is 18.4. The van der Waals surface area contributed by atoms with Crippen molar-refractivity contribution in [2.24, 2.45) is 7.05 Å². The Kier molecular flexibility index (Phi) is 5.53. The molecule has 6 aromatic rings. The van der Waals surface area contributed by atoms with Gasteiger partial charge in [-0.25, -0.2) is 9.97 Å². The average molecular weight is 503 g/mol. The molecule has 0 atom stereocenters. The van der Waals surface area contributed by atoms with Crippen molar-refractivity contribution >= 4 is 22.5 Å². The van der Waals surface area contributed by atoms with Crippen LogP contribution in [0.4, 0.5) is 11.6 Å². The van der Waals surface area contributed by atoms with Gasteiger partial charge in [0.05, 0.1) is 16.6 Å². The van der Waals surface area contributed by atoms with Crippen molar-refractivity contribution < 1.29 is 4.74 Å². The Balaban J connectivity index is 1.57. The minimum absolute atomic E-state index is 0.402. The molecular formula is C29H26N8O. The number of pyridine rings is 2. The zero-order chi connectivity index (χ0) is 26.4. The molecule has 4 aromatic heterocycles. The van der Waals surface area contributed by atoms with Gasteiger partial charge in [-0.2, -0.15) is 10.2 Å². The van der Waals surface area contributed by atoms with E-state index in [1.54, 1.807) is 10.9 Å². The lowest BCUT2D eigenvalue weighted by atomic mass is 9.88. The molecule has 38 heavy (non-hydrogen) atoms. The highest BCUT2D eigenvalue weighted by Crippen LogP contribution is 2.45. The number of nitrogens with one attached hydrogen (secondary N) is 1. The Morgan fingerprint density at radius 2 is 1.74 bits per heavy atom. The summed E-state index contributed by atoms with van der Waals surface area (Å²) in [5.41, 5.74) is 20.6. The Hall–Kier alpha value is -5.18. The van der Waals surface area contributed by atoms with Gasteiger partial charge in [0.25, 0.3) is 0 Å². The molecular weight excluding hydrogens is 476 g/mol. The molecule has 2 aromatic carbocycles. The van der Waals surface area contributed by atoms with Gasteiger partial charge in [-0.15, -0.1) is 0 Å². The van der Waals surface area contributed by atoms with Crippen LogP contribution in [-0.2, 0) is 7.05 Å². The van der Waals surface area contributed by atoms with E-state index in [0.29, 0.717) is 23.3 Å². The van der Waals surface area contributed by atoms with Crippen molar-refractivity contribution in [1.82, 2.24) is 29.9 Å². The zero-order valence-electron chi connectivity index (χ0n) is 21.2. The van der Waals surface area contributed by atoms with Gasteiger partial charge in [-0.3, -0.25) is 9.78 Å². The molecule has 9 heteroatoms. The molecule has 4 heterocycles. The number of H-pyrrole nitrogens is 1. The predicted molar refractivity (Wildman–Crippen MR) is 150 cm³/mol. The van der Waals surface area contributed by atoms with E-state index in [0.717, 1.165) is 55.7 Å². The number of ether oxygens (including phenoxy) is 1. The second-order valence-electron chi connectivity index (χ2n) is 9.25. The first-order valence-electron chi connectivity index (χ1n) is 12.1. The number of aryl methyl sites for hydroxylation is 3. The van der Waals surface area contributed by atoms with Crippen LogP contribution >= 0.6 is 0 Å². The molecule has 6 rings (SSSR count). The molecule has 0 fully saturated rings. The van der Waals surface area contributed by atoms with Gasteiger partial charge in [-0.05, 0) is 66.9 Å². The molecule has 0 unspecified atom stereocenters. The fraction of sp³-hybridized carbons (Fsp3) is 0.103. The number of hydrogen-bond acceptors (Lipinski definition) is 7. The number of nitrogens with two attached hydrogens (primary N) is 2. The average Bonchev–Trinajstić information content (AvgIpc) is 3.50. The van der Waals surface area contributed by atoms with Gasteiger partial charge in [0.2, 0.25) is 5.88 Å². The van der Waals surface area contributed by atoms with Gasteiger partial charge >= 0.3 is 0 Å². The third-order valence-electron chi connectivity index (χ3n) is 6.51. The topological polar surface area (TPSA) is 134 Å². The number of rotatable bonds is 5. The first-order valence-corrected chi connectivity index (χ1v) is 12.1. The van der Waals surface area contributed by atoms with Gasteiger partial charge < -0.3 is 16.2 Å². The number of fused-ring (bicyclic) bond motifs is 1. The zero-order valence-corrected chi connectivity index (χ0v) is 21.2. The van der Waals surface area contributed by atoms with Crippen molar-refractivity contribution in [3.8, 4) is 45.1 Å². The summed E-state index contributed by atoms with van der Waals surface area (Å²) in [5, 5.41) is 13.0. The normalized spacial score (nSPS) is 11.2. The van der Waals surface area contributed by atoms with Gasteiger partial charge in [0.1, 0.15) is 11.6 Å². The summed E-state index contributed by atoms with van der Waals surface area (Å²) in [6.07, 6.45) is 3.71. The third-order valence-corrected chi connectivity index (χ3v) is 6.51. The van der Waals surface area contributed by atoms with E-state index < -0.39 is 0 Å². The van der Waals surface area contributed by atoms with Crippen molar-refractivity contribution in [1.29, 1.82) is 0 Å². The van der Waals surface area contributed by atoms with Gasteiger partial charge in [-0.1, -0.05) is 18.2 Å². The highest BCUT2D eigenvalue weighted by molar-refractivity contribution is 6.13. The summed E-state index contributed by atoms with van der Waals surface area (Å²) < 4.78 is 7.75. The van der Waals surface area contributed by atoms with E-state index in [2.05, 4.69) is 31.3 Å². The summed E-state index contributed by atoms with van der Waals surface area (Å²) in [6.45, 7) is 3.95. The van der Waals surface area contributed by atoms with Crippen LogP contribution in [0.25, 0.3) is 44.4 Å². The molecule has 9 nitrogen and oxygen atoms in total. The minimum atomic E-state index is 0.402. The Morgan fingerprint density at radius 3 is 2.45 bits per heavy atom. The van der Waals surface area contributed by atoms with Crippen LogP contribution in [-0.4, -0.2) is 29.9 Å². The van der Waals surface area contributed by atoms with E-state index in [1.165, 1.54) is 0 Å². The molecule has 188 valence electrons. The molecule has 0 aliphatic carbocycles. The number of hydrogen-bond donors (Lipinski definition) is 3. The van der Waals surface area contributed by atoms with Crippen LogP contribution in [0.5, 0.6) is 11.6 Å². The van der Waals surface area contributed by atoms with Crippen molar-refractivity contribution in [2.45, 2.75) is 13.8 Å². The monoisotopic (exact) mass is 502 g/mol. The van der Waals surface area contributed by atoms with E-state index in [1.807, 2.05) is 81.7 Å². The second-order valence-corrected chi connectivity index (χ2v) is 9.25. The van der Waals surface area contributed by atoms with Crippen molar-refractivity contribution in [3.63, 3.8) is 0 Å². The second kappa shape index (κ2) is 9.04. The number of aromatic amines is 1. The maximum atomic E-state index is 6.49. The predicted octanol–water partition coefficient (Wildman–Crippen LogP) is 5.66. The molecule has 0 amide bonds.